The Bertz CT molecular complexity index is 502. The summed E-state index contributed by atoms with van der Waals surface area (Å²) >= 11 is 14.2. The van der Waals surface area contributed by atoms with Crippen LogP contribution in [0.25, 0.3) is 0 Å². The summed E-state index contributed by atoms with van der Waals surface area (Å²) < 4.78 is 3.47. The van der Waals surface area contributed by atoms with E-state index in [4.69, 9.17) is 0 Å². The van der Waals surface area contributed by atoms with Crippen LogP contribution in [-0.4, -0.2) is 6.54 Å². The number of hydrogen-bond acceptors (Lipinski definition) is 3. The van der Waals surface area contributed by atoms with Gasteiger partial charge in [0.2, 0.25) is 0 Å². The molecule has 2 rings (SSSR count). The normalized spacial score (nSPS) is 12.9. The standard InChI is InChI=1S/C12H12Br3NS2/c1-2-16-10(4-8-3-7(13)6-17-8)11-5-9(14)12(15)18-11/h3,5-6,10,16H,2,4H2,1H3. The van der Waals surface area contributed by atoms with Gasteiger partial charge in [0, 0.05) is 36.5 Å². The third kappa shape index (κ3) is 3.90. The molecule has 2 aromatic rings. The SMILES string of the molecule is CCNC(Cc1cc(Br)cs1)c1cc(Br)c(Br)s1. The van der Waals surface area contributed by atoms with Crippen molar-refractivity contribution in [1.29, 1.82) is 0 Å². The Morgan fingerprint density at radius 1 is 1.28 bits per heavy atom. The van der Waals surface area contributed by atoms with Crippen molar-refractivity contribution in [2.24, 2.45) is 0 Å². The van der Waals surface area contributed by atoms with Gasteiger partial charge in [0.15, 0.2) is 0 Å². The largest absolute Gasteiger partial charge is 0.309 e. The molecule has 1 atom stereocenters. The fraction of sp³-hybridized carbons (Fsp3) is 0.333. The van der Waals surface area contributed by atoms with E-state index in [1.54, 1.807) is 22.7 Å². The van der Waals surface area contributed by atoms with Gasteiger partial charge < -0.3 is 5.32 Å². The maximum absolute atomic E-state index is 3.56. The second-order valence-electron chi connectivity index (χ2n) is 3.82. The summed E-state index contributed by atoms with van der Waals surface area (Å²) in [6.45, 7) is 3.12. The third-order valence-corrected chi connectivity index (χ3v) is 7.58. The van der Waals surface area contributed by atoms with Crippen LogP contribution < -0.4 is 5.32 Å². The predicted octanol–water partition coefficient (Wildman–Crippen LogP) is 5.99. The van der Waals surface area contributed by atoms with Crippen molar-refractivity contribution in [2.45, 2.75) is 19.4 Å². The van der Waals surface area contributed by atoms with Crippen molar-refractivity contribution in [1.82, 2.24) is 5.32 Å². The minimum absolute atomic E-state index is 0.383. The molecule has 1 nitrogen and oxygen atoms in total. The summed E-state index contributed by atoms with van der Waals surface area (Å²) in [5, 5.41) is 5.69. The number of rotatable bonds is 5. The zero-order chi connectivity index (χ0) is 13.1. The van der Waals surface area contributed by atoms with Gasteiger partial charge in [-0.15, -0.1) is 22.7 Å². The topological polar surface area (TPSA) is 12.0 Å². The van der Waals surface area contributed by atoms with Gasteiger partial charge in [-0.3, -0.25) is 0 Å². The Hall–Kier alpha value is 0.800. The highest BCUT2D eigenvalue weighted by Gasteiger charge is 2.16. The average molecular weight is 474 g/mol. The number of halogens is 3. The van der Waals surface area contributed by atoms with Gasteiger partial charge in [-0.25, -0.2) is 0 Å². The molecule has 0 radical (unpaired) electrons. The van der Waals surface area contributed by atoms with Crippen molar-refractivity contribution in [3.05, 3.63) is 40.0 Å². The molecular formula is C12H12Br3NS2. The second-order valence-corrected chi connectivity index (χ2v) is 8.98. The summed E-state index contributed by atoms with van der Waals surface area (Å²) in [6.07, 6.45) is 1.03. The Balaban J connectivity index is 2.17. The lowest BCUT2D eigenvalue weighted by atomic mass is 10.1. The Morgan fingerprint density at radius 2 is 2.06 bits per heavy atom. The number of thiophene rings is 2. The van der Waals surface area contributed by atoms with Crippen molar-refractivity contribution in [3.8, 4) is 0 Å². The second kappa shape index (κ2) is 6.99. The maximum Gasteiger partial charge on any atom is 0.0843 e. The van der Waals surface area contributed by atoms with Crippen molar-refractivity contribution < 1.29 is 0 Å². The summed E-state index contributed by atoms with van der Waals surface area (Å²) in [7, 11) is 0. The first-order chi connectivity index (χ1) is 8.60. The van der Waals surface area contributed by atoms with Crippen LogP contribution in [0.1, 0.15) is 22.7 Å². The molecule has 0 aliphatic carbocycles. The Labute approximate surface area is 140 Å². The van der Waals surface area contributed by atoms with Crippen LogP contribution in [0.5, 0.6) is 0 Å². The molecular weight excluding hydrogens is 462 g/mol. The smallest absolute Gasteiger partial charge is 0.0843 e. The Morgan fingerprint density at radius 3 is 2.56 bits per heavy atom. The molecule has 0 aliphatic heterocycles. The average Bonchev–Trinajstić information content (AvgIpc) is 2.86. The van der Waals surface area contributed by atoms with Gasteiger partial charge in [0.25, 0.3) is 0 Å². The van der Waals surface area contributed by atoms with Crippen LogP contribution in [-0.2, 0) is 6.42 Å². The first-order valence-corrected chi connectivity index (χ1v) is 9.58. The predicted molar refractivity (Wildman–Crippen MR) is 91.9 cm³/mol. The molecule has 98 valence electrons. The first kappa shape index (κ1) is 15.2. The van der Waals surface area contributed by atoms with Crippen LogP contribution in [0.3, 0.4) is 0 Å². The van der Waals surface area contributed by atoms with Crippen molar-refractivity contribution >= 4 is 70.5 Å². The minimum atomic E-state index is 0.383. The van der Waals surface area contributed by atoms with E-state index in [9.17, 15) is 0 Å². The van der Waals surface area contributed by atoms with E-state index >= 15 is 0 Å². The number of hydrogen-bond donors (Lipinski definition) is 1. The van der Waals surface area contributed by atoms with Crippen LogP contribution in [0.2, 0.25) is 0 Å². The van der Waals surface area contributed by atoms with Gasteiger partial charge in [-0.2, -0.15) is 0 Å². The molecule has 0 bridgehead atoms. The summed E-state index contributed by atoms with van der Waals surface area (Å²) in [4.78, 5) is 2.76. The zero-order valence-corrected chi connectivity index (χ0v) is 16.1. The molecule has 0 fully saturated rings. The number of nitrogens with one attached hydrogen (secondary N) is 1. The molecule has 0 saturated carbocycles. The number of likely N-dealkylation sites (N-methyl/N-ethyl adjacent to an activating group) is 1. The Kier molecular flexibility index (Phi) is 5.90. The van der Waals surface area contributed by atoms with Gasteiger partial charge in [0.1, 0.15) is 0 Å². The van der Waals surface area contributed by atoms with Gasteiger partial charge in [0.05, 0.1) is 3.79 Å². The molecule has 0 aliphatic rings. The maximum atomic E-state index is 3.56. The summed E-state index contributed by atoms with van der Waals surface area (Å²) in [5.41, 5.74) is 0. The highest BCUT2D eigenvalue weighted by molar-refractivity contribution is 9.13. The molecule has 0 saturated heterocycles. The highest BCUT2D eigenvalue weighted by Crippen LogP contribution is 2.37. The summed E-state index contributed by atoms with van der Waals surface area (Å²) in [6, 6.07) is 4.78. The van der Waals surface area contributed by atoms with E-state index in [0.717, 1.165) is 21.2 Å². The lowest BCUT2D eigenvalue weighted by Gasteiger charge is -2.15. The third-order valence-electron chi connectivity index (χ3n) is 2.49. The van der Waals surface area contributed by atoms with E-state index in [-0.39, 0.29) is 0 Å². The lowest BCUT2D eigenvalue weighted by molar-refractivity contribution is 0.561. The molecule has 1 N–H and O–H groups in total. The van der Waals surface area contributed by atoms with E-state index in [1.165, 1.54) is 14.2 Å². The van der Waals surface area contributed by atoms with Crippen LogP contribution >= 0.6 is 70.5 Å². The van der Waals surface area contributed by atoms with Gasteiger partial charge in [-0.1, -0.05) is 6.92 Å². The van der Waals surface area contributed by atoms with E-state index in [1.807, 2.05) is 0 Å². The minimum Gasteiger partial charge on any atom is -0.309 e. The quantitative estimate of drug-likeness (QED) is 0.562. The van der Waals surface area contributed by atoms with Crippen molar-refractivity contribution in [2.75, 3.05) is 6.54 Å². The highest BCUT2D eigenvalue weighted by atomic mass is 79.9. The summed E-state index contributed by atoms with van der Waals surface area (Å²) in [5.74, 6) is 0. The zero-order valence-electron chi connectivity index (χ0n) is 9.67. The molecule has 0 spiro atoms. The molecule has 6 heteroatoms. The van der Waals surface area contributed by atoms with Crippen molar-refractivity contribution in [3.63, 3.8) is 0 Å². The monoisotopic (exact) mass is 471 g/mol. The van der Waals surface area contributed by atoms with E-state index in [2.05, 4.69) is 77.5 Å². The fourth-order valence-electron chi connectivity index (χ4n) is 1.72. The molecule has 1 unspecified atom stereocenters. The molecule has 0 aromatic carbocycles. The van der Waals surface area contributed by atoms with Crippen LogP contribution in [0.15, 0.2) is 30.2 Å². The van der Waals surface area contributed by atoms with E-state index in [0.29, 0.717) is 6.04 Å². The van der Waals surface area contributed by atoms with E-state index < -0.39 is 0 Å². The molecule has 2 aromatic heterocycles. The van der Waals surface area contributed by atoms with Crippen LogP contribution in [0, 0.1) is 0 Å². The molecule has 0 amide bonds. The van der Waals surface area contributed by atoms with Gasteiger partial charge in [-0.05, 0) is 66.5 Å². The fourth-order valence-corrected chi connectivity index (χ4v) is 5.38. The van der Waals surface area contributed by atoms with Gasteiger partial charge >= 0.3 is 0 Å². The first-order valence-electron chi connectivity index (χ1n) is 5.51. The lowest BCUT2D eigenvalue weighted by Crippen LogP contribution is -2.21. The molecule has 2 heterocycles. The van der Waals surface area contributed by atoms with Crippen LogP contribution in [0.4, 0.5) is 0 Å². The molecule has 18 heavy (non-hydrogen) atoms.